The number of anilines is 1. The van der Waals surface area contributed by atoms with Crippen molar-refractivity contribution in [2.24, 2.45) is 7.05 Å². The van der Waals surface area contributed by atoms with Crippen LogP contribution in [0.2, 0.25) is 0 Å². The summed E-state index contributed by atoms with van der Waals surface area (Å²) < 4.78 is 2.18. The fourth-order valence-corrected chi connectivity index (χ4v) is 3.81. The number of benzene rings is 1. The van der Waals surface area contributed by atoms with Crippen LogP contribution in [-0.4, -0.2) is 39.6 Å². The number of fused-ring (bicyclic) bond motifs is 2. The number of hydrogen-bond acceptors (Lipinski definition) is 3. The zero-order valence-electron chi connectivity index (χ0n) is 12.0. The summed E-state index contributed by atoms with van der Waals surface area (Å²) in [5.74, 6) is 1.02. The number of nitrogens with zero attached hydrogens (tertiary/aromatic N) is 3. The Hall–Kier alpha value is -1.55. The Bertz CT molecular complexity index is 618. The topological polar surface area (TPSA) is 33.1 Å². The van der Waals surface area contributed by atoms with E-state index in [1.165, 1.54) is 44.3 Å². The molecule has 0 spiro atoms. The average Bonchev–Trinajstić information content (AvgIpc) is 3.05. The highest BCUT2D eigenvalue weighted by Gasteiger charge is 2.32. The standard InChI is InChI=1S/C16H22N4/c1-19-15-7-3-2-6-14(15)18-16(19)17-12-8-10-20-9-4-5-13(20)11-12/h2-3,6-7,12-13H,4-5,8-11H2,1H3,(H,17,18). The third kappa shape index (κ3) is 1.99. The molecule has 2 unspecified atom stereocenters. The third-order valence-corrected chi connectivity index (χ3v) is 4.94. The smallest absolute Gasteiger partial charge is 0.203 e. The van der Waals surface area contributed by atoms with Gasteiger partial charge in [-0.25, -0.2) is 4.98 Å². The summed E-state index contributed by atoms with van der Waals surface area (Å²) in [4.78, 5) is 7.39. The van der Waals surface area contributed by atoms with Gasteiger partial charge in [0, 0.05) is 25.7 Å². The van der Waals surface area contributed by atoms with Crippen molar-refractivity contribution in [3.8, 4) is 0 Å². The van der Waals surface area contributed by atoms with Crippen molar-refractivity contribution in [1.82, 2.24) is 14.5 Å². The molecule has 2 aliphatic rings. The van der Waals surface area contributed by atoms with Gasteiger partial charge in [-0.15, -0.1) is 0 Å². The summed E-state index contributed by atoms with van der Waals surface area (Å²) in [5.41, 5.74) is 2.28. The molecule has 0 radical (unpaired) electrons. The molecular formula is C16H22N4. The van der Waals surface area contributed by atoms with E-state index in [0.717, 1.165) is 17.5 Å². The van der Waals surface area contributed by atoms with Crippen molar-refractivity contribution in [2.75, 3.05) is 18.4 Å². The minimum absolute atomic E-state index is 0.574. The highest BCUT2D eigenvalue weighted by Crippen LogP contribution is 2.29. The summed E-state index contributed by atoms with van der Waals surface area (Å²) in [7, 11) is 2.10. The van der Waals surface area contributed by atoms with Gasteiger partial charge < -0.3 is 14.8 Å². The maximum absolute atomic E-state index is 4.73. The van der Waals surface area contributed by atoms with Crippen LogP contribution < -0.4 is 5.32 Å². The van der Waals surface area contributed by atoms with Gasteiger partial charge in [-0.3, -0.25) is 0 Å². The van der Waals surface area contributed by atoms with Crippen molar-refractivity contribution in [3.63, 3.8) is 0 Å². The van der Waals surface area contributed by atoms with Gasteiger partial charge in [0.15, 0.2) is 0 Å². The molecule has 3 heterocycles. The quantitative estimate of drug-likeness (QED) is 0.910. The molecule has 0 saturated carbocycles. The molecule has 106 valence electrons. The lowest BCUT2D eigenvalue weighted by Gasteiger charge is -2.35. The van der Waals surface area contributed by atoms with Crippen LogP contribution in [-0.2, 0) is 7.05 Å². The summed E-state index contributed by atoms with van der Waals surface area (Å²) >= 11 is 0. The SMILES string of the molecule is Cn1c(NC2CCN3CCCC3C2)nc2ccccc21. The van der Waals surface area contributed by atoms with E-state index in [2.05, 4.69) is 46.1 Å². The Morgan fingerprint density at radius 3 is 3.00 bits per heavy atom. The summed E-state index contributed by atoms with van der Waals surface area (Å²) in [6.07, 6.45) is 5.26. The fourth-order valence-electron chi connectivity index (χ4n) is 3.81. The number of rotatable bonds is 2. The fraction of sp³-hybridized carbons (Fsp3) is 0.562. The molecule has 4 rings (SSSR count). The number of aromatic nitrogens is 2. The van der Waals surface area contributed by atoms with E-state index in [-0.39, 0.29) is 0 Å². The van der Waals surface area contributed by atoms with Gasteiger partial charge in [0.2, 0.25) is 5.95 Å². The van der Waals surface area contributed by atoms with Crippen molar-refractivity contribution < 1.29 is 0 Å². The van der Waals surface area contributed by atoms with Crippen molar-refractivity contribution in [1.29, 1.82) is 0 Å². The van der Waals surface area contributed by atoms with Crippen LogP contribution in [0, 0.1) is 0 Å². The van der Waals surface area contributed by atoms with Crippen LogP contribution in [0.1, 0.15) is 25.7 Å². The highest BCUT2D eigenvalue weighted by molar-refractivity contribution is 5.78. The second-order valence-corrected chi connectivity index (χ2v) is 6.18. The van der Waals surface area contributed by atoms with Crippen molar-refractivity contribution in [2.45, 2.75) is 37.8 Å². The lowest BCUT2D eigenvalue weighted by molar-refractivity contribution is 0.187. The van der Waals surface area contributed by atoms with E-state index in [9.17, 15) is 0 Å². The molecule has 2 atom stereocenters. The predicted octanol–water partition coefficient (Wildman–Crippen LogP) is 2.61. The molecule has 2 saturated heterocycles. The first-order chi connectivity index (χ1) is 9.81. The van der Waals surface area contributed by atoms with Crippen LogP contribution in [0.4, 0.5) is 5.95 Å². The predicted molar refractivity (Wildman–Crippen MR) is 82.0 cm³/mol. The first-order valence-electron chi connectivity index (χ1n) is 7.73. The second-order valence-electron chi connectivity index (χ2n) is 6.18. The number of hydrogen-bond donors (Lipinski definition) is 1. The molecule has 2 aromatic rings. The van der Waals surface area contributed by atoms with Crippen LogP contribution in [0.25, 0.3) is 11.0 Å². The largest absolute Gasteiger partial charge is 0.353 e. The Balaban J connectivity index is 1.54. The van der Waals surface area contributed by atoms with Crippen molar-refractivity contribution >= 4 is 17.0 Å². The van der Waals surface area contributed by atoms with E-state index in [1.807, 2.05) is 0 Å². The third-order valence-electron chi connectivity index (χ3n) is 4.94. The second kappa shape index (κ2) is 4.77. The molecule has 4 heteroatoms. The summed E-state index contributed by atoms with van der Waals surface area (Å²) in [6, 6.07) is 9.72. The number of piperidine rings is 1. The zero-order valence-corrected chi connectivity index (χ0v) is 12.0. The van der Waals surface area contributed by atoms with E-state index in [4.69, 9.17) is 4.98 Å². The number of imidazole rings is 1. The maximum atomic E-state index is 4.73. The molecule has 2 aliphatic heterocycles. The van der Waals surface area contributed by atoms with Gasteiger partial charge in [-0.05, 0) is 44.4 Å². The van der Waals surface area contributed by atoms with Gasteiger partial charge in [0.25, 0.3) is 0 Å². The van der Waals surface area contributed by atoms with Crippen LogP contribution in [0.3, 0.4) is 0 Å². The van der Waals surface area contributed by atoms with Crippen molar-refractivity contribution in [3.05, 3.63) is 24.3 Å². The Labute approximate surface area is 119 Å². The van der Waals surface area contributed by atoms with E-state index in [1.54, 1.807) is 0 Å². The molecule has 1 aromatic carbocycles. The van der Waals surface area contributed by atoms with E-state index < -0.39 is 0 Å². The lowest BCUT2D eigenvalue weighted by Crippen LogP contribution is -2.43. The van der Waals surface area contributed by atoms with Gasteiger partial charge in [-0.2, -0.15) is 0 Å². The summed E-state index contributed by atoms with van der Waals surface area (Å²) in [5, 5.41) is 3.68. The Morgan fingerprint density at radius 2 is 2.10 bits per heavy atom. The Morgan fingerprint density at radius 1 is 1.20 bits per heavy atom. The first kappa shape index (κ1) is 12.2. The minimum atomic E-state index is 0.574. The number of para-hydroxylation sites is 2. The molecule has 0 amide bonds. The van der Waals surface area contributed by atoms with Gasteiger partial charge in [0.1, 0.15) is 0 Å². The first-order valence-corrected chi connectivity index (χ1v) is 7.73. The van der Waals surface area contributed by atoms with Gasteiger partial charge in [-0.1, -0.05) is 12.1 Å². The number of aryl methyl sites for hydroxylation is 1. The Kier molecular flexibility index (Phi) is 2.91. The minimum Gasteiger partial charge on any atom is -0.353 e. The molecule has 0 bridgehead atoms. The summed E-state index contributed by atoms with van der Waals surface area (Å²) in [6.45, 7) is 2.55. The molecule has 0 aliphatic carbocycles. The van der Waals surface area contributed by atoms with Crippen LogP contribution in [0.5, 0.6) is 0 Å². The molecule has 2 fully saturated rings. The highest BCUT2D eigenvalue weighted by atomic mass is 15.2. The molecule has 4 nitrogen and oxygen atoms in total. The lowest BCUT2D eigenvalue weighted by atomic mass is 9.98. The monoisotopic (exact) mass is 270 g/mol. The van der Waals surface area contributed by atoms with E-state index >= 15 is 0 Å². The van der Waals surface area contributed by atoms with Crippen LogP contribution >= 0.6 is 0 Å². The van der Waals surface area contributed by atoms with Gasteiger partial charge in [0.05, 0.1) is 11.0 Å². The number of nitrogens with one attached hydrogen (secondary N) is 1. The van der Waals surface area contributed by atoms with E-state index in [0.29, 0.717) is 6.04 Å². The molecule has 1 N–H and O–H groups in total. The van der Waals surface area contributed by atoms with Crippen LogP contribution in [0.15, 0.2) is 24.3 Å². The zero-order chi connectivity index (χ0) is 13.5. The maximum Gasteiger partial charge on any atom is 0.203 e. The molecular weight excluding hydrogens is 248 g/mol. The van der Waals surface area contributed by atoms with Gasteiger partial charge >= 0.3 is 0 Å². The molecule has 20 heavy (non-hydrogen) atoms. The normalized spacial score (nSPS) is 26.9. The molecule has 1 aromatic heterocycles. The average molecular weight is 270 g/mol.